The van der Waals surface area contributed by atoms with Gasteiger partial charge in [0.05, 0.1) is 0 Å². The molecule has 1 rings (SSSR count). The number of carbonyl (C=O) groups is 1. The molecule has 1 aromatic carbocycles. The first-order valence-electron chi connectivity index (χ1n) is 5.44. The van der Waals surface area contributed by atoms with E-state index in [-0.39, 0.29) is 0 Å². The minimum absolute atomic E-state index is 0.399. The van der Waals surface area contributed by atoms with Gasteiger partial charge in [-0.15, -0.1) is 0 Å². The lowest BCUT2D eigenvalue weighted by atomic mass is 10.1. The second kappa shape index (κ2) is 6.84. The minimum atomic E-state index is -0.843. The highest BCUT2D eigenvalue weighted by molar-refractivity contribution is 6.33. The molecule has 1 atom stereocenters. The van der Waals surface area contributed by atoms with E-state index in [2.05, 4.69) is 5.32 Å². The average molecular weight is 276 g/mol. The van der Waals surface area contributed by atoms with Crippen LogP contribution in [0, 0.1) is 0 Å². The summed E-state index contributed by atoms with van der Waals surface area (Å²) in [5.74, 6) is -0.843. The maximum atomic E-state index is 10.9. The Morgan fingerprint density at radius 3 is 2.76 bits per heavy atom. The van der Waals surface area contributed by atoms with Crippen molar-refractivity contribution in [1.29, 1.82) is 0 Å². The normalized spacial score (nSPS) is 12.4. The summed E-state index contributed by atoms with van der Waals surface area (Å²) in [6.45, 7) is 2.35. The molecule has 0 aromatic heterocycles. The van der Waals surface area contributed by atoms with E-state index in [4.69, 9.17) is 28.3 Å². The average Bonchev–Trinajstić information content (AvgIpc) is 2.28. The largest absolute Gasteiger partial charge is 0.480 e. The van der Waals surface area contributed by atoms with Crippen molar-refractivity contribution >= 4 is 29.2 Å². The van der Waals surface area contributed by atoms with Gasteiger partial charge in [-0.3, -0.25) is 4.79 Å². The molecule has 0 aliphatic rings. The molecule has 3 nitrogen and oxygen atoms in total. The molecule has 0 radical (unpaired) electrons. The standard InChI is InChI=1S/C12H15Cl2NO2/c1-2-3-11(12(16)17)15-7-8-6-9(13)4-5-10(8)14/h4-6,11,15H,2-3,7H2,1H3,(H,16,17). The highest BCUT2D eigenvalue weighted by atomic mass is 35.5. The molecule has 0 amide bonds. The smallest absolute Gasteiger partial charge is 0.320 e. The van der Waals surface area contributed by atoms with Crippen molar-refractivity contribution in [2.24, 2.45) is 0 Å². The van der Waals surface area contributed by atoms with E-state index in [1.807, 2.05) is 6.92 Å². The maximum absolute atomic E-state index is 10.9. The first-order valence-corrected chi connectivity index (χ1v) is 6.20. The zero-order valence-corrected chi connectivity index (χ0v) is 11.1. The fraction of sp³-hybridized carbons (Fsp3) is 0.417. The number of carboxylic acids is 1. The van der Waals surface area contributed by atoms with Crippen LogP contribution in [0.5, 0.6) is 0 Å². The molecule has 17 heavy (non-hydrogen) atoms. The van der Waals surface area contributed by atoms with Crippen LogP contribution in [0.15, 0.2) is 18.2 Å². The Hall–Kier alpha value is -0.770. The Balaban J connectivity index is 2.64. The summed E-state index contributed by atoms with van der Waals surface area (Å²) in [6.07, 6.45) is 1.40. The molecule has 1 aromatic rings. The minimum Gasteiger partial charge on any atom is -0.480 e. The zero-order chi connectivity index (χ0) is 12.8. The predicted octanol–water partition coefficient (Wildman–Crippen LogP) is 3.34. The van der Waals surface area contributed by atoms with Gasteiger partial charge in [0.25, 0.3) is 0 Å². The molecule has 0 saturated carbocycles. The van der Waals surface area contributed by atoms with Crippen LogP contribution < -0.4 is 5.32 Å². The Labute approximate surface area is 111 Å². The summed E-state index contributed by atoms with van der Waals surface area (Å²) in [7, 11) is 0. The van der Waals surface area contributed by atoms with Gasteiger partial charge in [-0.25, -0.2) is 0 Å². The van der Waals surface area contributed by atoms with Gasteiger partial charge in [0.1, 0.15) is 6.04 Å². The van der Waals surface area contributed by atoms with Gasteiger partial charge in [0, 0.05) is 16.6 Å². The Morgan fingerprint density at radius 2 is 2.18 bits per heavy atom. The molecule has 0 aliphatic heterocycles. The molecule has 5 heteroatoms. The second-order valence-corrected chi connectivity index (χ2v) is 4.64. The molecule has 0 heterocycles. The van der Waals surface area contributed by atoms with Gasteiger partial charge < -0.3 is 10.4 Å². The van der Waals surface area contributed by atoms with Gasteiger partial charge in [-0.05, 0) is 30.2 Å². The van der Waals surface area contributed by atoms with Crippen molar-refractivity contribution in [3.63, 3.8) is 0 Å². The summed E-state index contributed by atoms with van der Waals surface area (Å²) in [4.78, 5) is 10.9. The summed E-state index contributed by atoms with van der Waals surface area (Å²) in [6, 6.07) is 4.60. The van der Waals surface area contributed by atoms with Gasteiger partial charge in [-0.1, -0.05) is 36.5 Å². The maximum Gasteiger partial charge on any atom is 0.320 e. The fourth-order valence-electron chi connectivity index (χ4n) is 1.51. The predicted molar refractivity (Wildman–Crippen MR) is 69.6 cm³/mol. The Bertz CT molecular complexity index is 396. The molecule has 2 N–H and O–H groups in total. The summed E-state index contributed by atoms with van der Waals surface area (Å²) in [5.41, 5.74) is 0.807. The Morgan fingerprint density at radius 1 is 1.47 bits per heavy atom. The van der Waals surface area contributed by atoms with E-state index in [1.54, 1.807) is 18.2 Å². The summed E-state index contributed by atoms with van der Waals surface area (Å²) >= 11 is 11.8. The molecule has 0 saturated heterocycles. The Kier molecular flexibility index (Phi) is 5.75. The monoisotopic (exact) mass is 275 g/mol. The summed E-state index contributed by atoms with van der Waals surface area (Å²) in [5, 5.41) is 13.1. The molecule has 0 bridgehead atoms. The number of benzene rings is 1. The topological polar surface area (TPSA) is 49.3 Å². The molecule has 94 valence electrons. The molecule has 0 fully saturated rings. The number of aliphatic carboxylic acids is 1. The number of nitrogens with one attached hydrogen (secondary N) is 1. The van der Waals surface area contributed by atoms with Crippen LogP contribution in [-0.4, -0.2) is 17.1 Å². The fourth-order valence-corrected chi connectivity index (χ4v) is 1.89. The lowest BCUT2D eigenvalue weighted by Crippen LogP contribution is -2.36. The van der Waals surface area contributed by atoms with E-state index in [9.17, 15) is 4.79 Å². The molecular formula is C12H15Cl2NO2. The first-order chi connectivity index (χ1) is 8.04. The van der Waals surface area contributed by atoms with E-state index in [0.29, 0.717) is 23.0 Å². The van der Waals surface area contributed by atoms with Crippen molar-refractivity contribution < 1.29 is 9.90 Å². The molecule has 0 aliphatic carbocycles. The lowest BCUT2D eigenvalue weighted by molar-refractivity contribution is -0.139. The summed E-state index contributed by atoms with van der Waals surface area (Å²) < 4.78 is 0. The number of hydrogen-bond acceptors (Lipinski definition) is 2. The second-order valence-electron chi connectivity index (χ2n) is 3.80. The van der Waals surface area contributed by atoms with Crippen LogP contribution in [0.1, 0.15) is 25.3 Å². The zero-order valence-electron chi connectivity index (χ0n) is 9.54. The molecule has 0 spiro atoms. The van der Waals surface area contributed by atoms with Crippen LogP contribution in [0.2, 0.25) is 10.0 Å². The number of rotatable bonds is 6. The number of hydrogen-bond donors (Lipinski definition) is 2. The van der Waals surface area contributed by atoms with E-state index >= 15 is 0 Å². The van der Waals surface area contributed by atoms with Crippen molar-refractivity contribution in [3.05, 3.63) is 33.8 Å². The van der Waals surface area contributed by atoms with Crippen LogP contribution in [0.3, 0.4) is 0 Å². The molecule has 1 unspecified atom stereocenters. The lowest BCUT2D eigenvalue weighted by Gasteiger charge is -2.14. The third kappa shape index (κ3) is 4.54. The molecular weight excluding hydrogens is 261 g/mol. The SMILES string of the molecule is CCCC(NCc1cc(Cl)ccc1Cl)C(=O)O. The number of halogens is 2. The van der Waals surface area contributed by atoms with Crippen LogP contribution in [0.4, 0.5) is 0 Å². The highest BCUT2D eigenvalue weighted by Gasteiger charge is 2.15. The van der Waals surface area contributed by atoms with Crippen LogP contribution in [-0.2, 0) is 11.3 Å². The van der Waals surface area contributed by atoms with Gasteiger partial charge >= 0.3 is 5.97 Å². The van der Waals surface area contributed by atoms with E-state index < -0.39 is 12.0 Å². The van der Waals surface area contributed by atoms with Crippen molar-refractivity contribution in [3.8, 4) is 0 Å². The third-order valence-corrected chi connectivity index (χ3v) is 3.03. The van der Waals surface area contributed by atoms with Gasteiger partial charge in [0.15, 0.2) is 0 Å². The quantitative estimate of drug-likeness (QED) is 0.837. The third-order valence-electron chi connectivity index (χ3n) is 2.42. The van der Waals surface area contributed by atoms with Crippen molar-refractivity contribution in [2.45, 2.75) is 32.4 Å². The first kappa shape index (κ1) is 14.3. The number of carboxylic acid groups (broad SMARTS) is 1. The van der Waals surface area contributed by atoms with Crippen molar-refractivity contribution in [2.75, 3.05) is 0 Å². The van der Waals surface area contributed by atoms with E-state index in [1.165, 1.54) is 0 Å². The van der Waals surface area contributed by atoms with Crippen molar-refractivity contribution in [1.82, 2.24) is 5.32 Å². The highest BCUT2D eigenvalue weighted by Crippen LogP contribution is 2.20. The van der Waals surface area contributed by atoms with Crippen LogP contribution >= 0.6 is 23.2 Å². The van der Waals surface area contributed by atoms with E-state index in [0.717, 1.165) is 12.0 Å². The van der Waals surface area contributed by atoms with Crippen LogP contribution in [0.25, 0.3) is 0 Å². The van der Waals surface area contributed by atoms with Gasteiger partial charge in [-0.2, -0.15) is 0 Å². The van der Waals surface area contributed by atoms with Gasteiger partial charge in [0.2, 0.25) is 0 Å².